The number of nitrogens with zero attached hydrogens (tertiary/aromatic N) is 2. The molecular formula is C12H11BrCl2N2O3S. The fraction of sp³-hybridized carbons (Fsp3) is 0.250. The van der Waals surface area contributed by atoms with E-state index in [0.29, 0.717) is 15.2 Å². The molecule has 0 spiro atoms. The van der Waals surface area contributed by atoms with Crippen LogP contribution in [-0.4, -0.2) is 18.2 Å². The van der Waals surface area contributed by atoms with E-state index in [1.165, 1.54) is 18.2 Å². The summed E-state index contributed by atoms with van der Waals surface area (Å²) in [6.45, 7) is 2.02. The monoisotopic (exact) mass is 412 g/mol. The van der Waals surface area contributed by atoms with E-state index in [-0.39, 0.29) is 11.5 Å². The molecule has 0 saturated heterocycles. The summed E-state index contributed by atoms with van der Waals surface area (Å²) in [7, 11) is 3.29. The van der Waals surface area contributed by atoms with Crippen LogP contribution in [0.2, 0.25) is 5.02 Å². The van der Waals surface area contributed by atoms with Crippen LogP contribution in [0.25, 0.3) is 0 Å². The molecule has 114 valence electrons. The van der Waals surface area contributed by atoms with Crippen LogP contribution in [0.5, 0.6) is 5.75 Å². The fourth-order valence-corrected chi connectivity index (χ4v) is 3.37. The quantitative estimate of drug-likeness (QED) is 0.717. The Balaban J connectivity index is 2.21. The molecule has 0 fully saturated rings. The summed E-state index contributed by atoms with van der Waals surface area (Å²) < 4.78 is 30.2. The Bertz CT molecular complexity index is 790. The molecule has 0 aliphatic heterocycles. The van der Waals surface area contributed by atoms with Gasteiger partial charge in [-0.25, -0.2) is 8.42 Å². The van der Waals surface area contributed by atoms with Crippen LogP contribution in [-0.2, 0) is 22.7 Å². The van der Waals surface area contributed by atoms with E-state index < -0.39 is 9.05 Å². The van der Waals surface area contributed by atoms with Crippen LogP contribution in [0.15, 0.2) is 27.6 Å². The smallest absolute Gasteiger partial charge is 0.261 e. The predicted molar refractivity (Wildman–Crippen MR) is 84.5 cm³/mol. The van der Waals surface area contributed by atoms with Gasteiger partial charge in [-0.2, -0.15) is 5.10 Å². The van der Waals surface area contributed by atoms with Crippen molar-refractivity contribution in [3.63, 3.8) is 0 Å². The lowest BCUT2D eigenvalue weighted by molar-refractivity contribution is 0.293. The maximum absolute atomic E-state index is 11.2. The van der Waals surface area contributed by atoms with E-state index in [1.807, 2.05) is 6.92 Å². The van der Waals surface area contributed by atoms with Crippen molar-refractivity contribution in [2.24, 2.45) is 7.05 Å². The van der Waals surface area contributed by atoms with E-state index in [9.17, 15) is 8.42 Å². The number of hydrogen-bond donors (Lipinski definition) is 0. The topological polar surface area (TPSA) is 61.2 Å². The molecule has 0 atom stereocenters. The van der Waals surface area contributed by atoms with E-state index in [0.717, 1.165) is 11.4 Å². The van der Waals surface area contributed by atoms with Gasteiger partial charge in [0.15, 0.2) is 0 Å². The molecule has 5 nitrogen and oxygen atoms in total. The molecule has 1 aromatic carbocycles. The van der Waals surface area contributed by atoms with E-state index in [1.54, 1.807) is 11.7 Å². The van der Waals surface area contributed by atoms with Crippen molar-refractivity contribution >= 4 is 47.3 Å². The minimum absolute atomic E-state index is 0.00204. The van der Waals surface area contributed by atoms with Crippen molar-refractivity contribution in [1.82, 2.24) is 9.78 Å². The van der Waals surface area contributed by atoms with Crippen molar-refractivity contribution in [3.05, 3.63) is 39.1 Å². The molecule has 2 aromatic rings. The fourth-order valence-electron chi connectivity index (χ4n) is 1.73. The van der Waals surface area contributed by atoms with E-state index in [2.05, 4.69) is 21.0 Å². The molecule has 0 saturated carbocycles. The van der Waals surface area contributed by atoms with Crippen molar-refractivity contribution in [2.45, 2.75) is 18.4 Å². The van der Waals surface area contributed by atoms with Crippen LogP contribution < -0.4 is 4.74 Å². The predicted octanol–water partition coefficient (Wildman–Crippen LogP) is 3.65. The summed E-state index contributed by atoms with van der Waals surface area (Å²) in [4.78, 5) is -0.00204. The zero-order chi connectivity index (χ0) is 15.8. The third kappa shape index (κ3) is 3.71. The summed E-state index contributed by atoms with van der Waals surface area (Å²) in [5.41, 5.74) is 1.45. The highest BCUT2D eigenvalue weighted by atomic mass is 79.9. The average Bonchev–Trinajstić information content (AvgIpc) is 2.61. The Morgan fingerprint density at radius 3 is 2.57 bits per heavy atom. The summed E-state index contributed by atoms with van der Waals surface area (Å²) in [6, 6.07) is 4.28. The molecule has 0 N–H and O–H groups in total. The third-order valence-electron chi connectivity index (χ3n) is 2.81. The maximum Gasteiger partial charge on any atom is 0.261 e. The first-order chi connectivity index (χ1) is 9.70. The number of aromatic nitrogens is 2. The van der Waals surface area contributed by atoms with Crippen LogP contribution in [0, 0.1) is 6.92 Å². The summed E-state index contributed by atoms with van der Waals surface area (Å²) >= 11 is 9.39. The average molecular weight is 414 g/mol. The van der Waals surface area contributed by atoms with Gasteiger partial charge < -0.3 is 4.74 Å². The van der Waals surface area contributed by atoms with Gasteiger partial charge in [0.2, 0.25) is 0 Å². The molecule has 1 aromatic heterocycles. The lowest BCUT2D eigenvalue weighted by Crippen LogP contribution is -2.04. The normalized spacial score (nSPS) is 11.7. The summed E-state index contributed by atoms with van der Waals surface area (Å²) in [5, 5.41) is 4.74. The molecule has 0 aliphatic carbocycles. The molecule has 0 unspecified atom stereocenters. The number of aryl methyl sites for hydroxylation is 2. The first-order valence-corrected chi connectivity index (χ1v) is 9.23. The lowest BCUT2D eigenvalue weighted by Gasteiger charge is -2.09. The zero-order valence-corrected chi connectivity index (χ0v) is 15.0. The number of ether oxygens (including phenoxy) is 1. The van der Waals surface area contributed by atoms with Gasteiger partial charge in [-0.3, -0.25) is 4.68 Å². The minimum atomic E-state index is -3.77. The molecule has 9 heteroatoms. The van der Waals surface area contributed by atoms with Gasteiger partial charge in [0.25, 0.3) is 9.05 Å². The third-order valence-corrected chi connectivity index (χ3v) is 5.27. The summed E-state index contributed by atoms with van der Waals surface area (Å²) in [5.74, 6) is 0.481. The molecule has 2 rings (SSSR count). The van der Waals surface area contributed by atoms with Crippen LogP contribution in [0.1, 0.15) is 11.4 Å². The lowest BCUT2D eigenvalue weighted by atomic mass is 10.3. The second kappa shape index (κ2) is 6.16. The number of hydrogen-bond acceptors (Lipinski definition) is 4. The SMILES string of the molecule is Cc1nn(C)c(COc2ccc(S(=O)(=O)Cl)cc2Br)c1Cl. The standard InChI is InChI=1S/C12H11BrCl2N2O3S/c1-7-12(14)10(17(2)16-7)6-20-11-4-3-8(5-9(11)13)21(15,18)19/h3-5H,6H2,1-2H3. The van der Waals surface area contributed by atoms with Crippen LogP contribution in [0.4, 0.5) is 0 Å². The Kier molecular flexibility index (Phi) is 4.87. The van der Waals surface area contributed by atoms with Crippen molar-refractivity contribution in [2.75, 3.05) is 0 Å². The number of halogens is 3. The highest BCUT2D eigenvalue weighted by molar-refractivity contribution is 9.10. The Morgan fingerprint density at radius 2 is 2.10 bits per heavy atom. The molecule has 0 aliphatic rings. The largest absolute Gasteiger partial charge is 0.486 e. The van der Waals surface area contributed by atoms with Crippen LogP contribution >= 0.6 is 38.2 Å². The van der Waals surface area contributed by atoms with Gasteiger partial charge in [0, 0.05) is 17.7 Å². The molecule has 0 radical (unpaired) electrons. The molecule has 1 heterocycles. The number of benzene rings is 1. The van der Waals surface area contributed by atoms with Gasteiger partial charge >= 0.3 is 0 Å². The van der Waals surface area contributed by atoms with Gasteiger partial charge in [0.05, 0.1) is 25.8 Å². The van der Waals surface area contributed by atoms with Gasteiger partial charge in [-0.05, 0) is 41.1 Å². The Morgan fingerprint density at radius 1 is 1.43 bits per heavy atom. The van der Waals surface area contributed by atoms with Gasteiger partial charge in [-0.1, -0.05) is 11.6 Å². The molecule has 0 amide bonds. The first-order valence-electron chi connectivity index (χ1n) is 5.75. The van der Waals surface area contributed by atoms with Gasteiger partial charge in [0.1, 0.15) is 12.4 Å². The van der Waals surface area contributed by atoms with E-state index in [4.69, 9.17) is 27.0 Å². The molecule has 21 heavy (non-hydrogen) atoms. The first kappa shape index (κ1) is 16.6. The molecular weight excluding hydrogens is 403 g/mol. The van der Waals surface area contributed by atoms with Crippen molar-refractivity contribution in [3.8, 4) is 5.75 Å². The van der Waals surface area contributed by atoms with Crippen LogP contribution in [0.3, 0.4) is 0 Å². The zero-order valence-electron chi connectivity index (χ0n) is 11.1. The Hall–Kier alpha value is -0.760. The highest BCUT2D eigenvalue weighted by Crippen LogP contribution is 2.30. The second-order valence-electron chi connectivity index (χ2n) is 4.29. The van der Waals surface area contributed by atoms with Crippen molar-refractivity contribution < 1.29 is 13.2 Å². The molecule has 0 bridgehead atoms. The van der Waals surface area contributed by atoms with Gasteiger partial charge in [-0.15, -0.1) is 0 Å². The summed E-state index contributed by atoms with van der Waals surface area (Å²) in [6.07, 6.45) is 0. The second-order valence-corrected chi connectivity index (χ2v) is 8.09. The Labute approximate surface area is 140 Å². The highest BCUT2D eigenvalue weighted by Gasteiger charge is 2.15. The van der Waals surface area contributed by atoms with Crippen molar-refractivity contribution in [1.29, 1.82) is 0 Å². The van der Waals surface area contributed by atoms with E-state index >= 15 is 0 Å². The minimum Gasteiger partial charge on any atom is -0.486 e. The maximum atomic E-state index is 11.2. The number of rotatable bonds is 4.